The van der Waals surface area contributed by atoms with Crippen LogP contribution in [0.2, 0.25) is 0 Å². The molecule has 2 rings (SSSR count). The number of sulfone groups is 1. The highest BCUT2D eigenvalue weighted by Gasteiger charge is 2.28. The van der Waals surface area contributed by atoms with E-state index < -0.39 is 9.84 Å². The van der Waals surface area contributed by atoms with E-state index >= 15 is 0 Å². The Balaban J connectivity index is 2.03. The zero-order valence-corrected chi connectivity index (χ0v) is 13.4. The predicted molar refractivity (Wildman–Crippen MR) is 80.9 cm³/mol. The molecule has 1 aliphatic carbocycles. The van der Waals surface area contributed by atoms with E-state index in [1.807, 2.05) is 13.8 Å². The maximum atomic E-state index is 12.3. The molecule has 0 unspecified atom stereocenters. The molecule has 1 aromatic rings. The summed E-state index contributed by atoms with van der Waals surface area (Å²) in [7, 11) is -3.27. The van der Waals surface area contributed by atoms with E-state index in [-0.39, 0.29) is 17.0 Å². The van der Waals surface area contributed by atoms with E-state index in [9.17, 15) is 13.2 Å². The van der Waals surface area contributed by atoms with Gasteiger partial charge in [-0.3, -0.25) is 5.32 Å². The summed E-state index contributed by atoms with van der Waals surface area (Å²) in [6, 6.07) is 2.86. The maximum Gasteiger partial charge on any atom is 0.323 e. The second-order valence-electron chi connectivity index (χ2n) is 5.77. The Hall–Kier alpha value is -1.63. The standard InChI is InChI=1S/C14H21N3O3S/c1-10(2)17(9-11-4-5-11)14(18)16-13-7-6-12(8-15-13)21(3,19)20/h6-8,10-11H,4-5,9H2,1-3H3,(H,15,16,18). The van der Waals surface area contributed by atoms with Crippen molar-refractivity contribution in [3.05, 3.63) is 18.3 Å². The number of carbonyl (C=O) groups is 1. The van der Waals surface area contributed by atoms with Crippen LogP contribution in [0, 0.1) is 5.92 Å². The number of pyridine rings is 1. The lowest BCUT2D eigenvalue weighted by molar-refractivity contribution is 0.194. The van der Waals surface area contributed by atoms with Crippen molar-refractivity contribution in [1.29, 1.82) is 0 Å². The van der Waals surface area contributed by atoms with Gasteiger partial charge >= 0.3 is 6.03 Å². The molecule has 1 N–H and O–H groups in total. The number of carbonyl (C=O) groups excluding carboxylic acids is 1. The van der Waals surface area contributed by atoms with E-state index in [0.29, 0.717) is 11.7 Å². The highest BCUT2D eigenvalue weighted by molar-refractivity contribution is 7.90. The summed E-state index contributed by atoms with van der Waals surface area (Å²) in [5.74, 6) is 0.965. The fraction of sp³-hybridized carbons (Fsp3) is 0.571. The van der Waals surface area contributed by atoms with E-state index in [2.05, 4.69) is 10.3 Å². The normalized spacial score (nSPS) is 15.0. The number of nitrogens with one attached hydrogen (secondary N) is 1. The zero-order chi connectivity index (χ0) is 15.6. The largest absolute Gasteiger partial charge is 0.323 e. The summed E-state index contributed by atoms with van der Waals surface area (Å²) in [5, 5.41) is 2.72. The smallest absolute Gasteiger partial charge is 0.322 e. The Kier molecular flexibility index (Phi) is 4.51. The molecule has 1 aromatic heterocycles. The molecule has 0 aliphatic heterocycles. The number of anilines is 1. The van der Waals surface area contributed by atoms with Crippen molar-refractivity contribution < 1.29 is 13.2 Å². The first-order chi connectivity index (χ1) is 9.77. The van der Waals surface area contributed by atoms with Gasteiger partial charge in [0.2, 0.25) is 0 Å². The van der Waals surface area contributed by atoms with Crippen molar-refractivity contribution in [2.24, 2.45) is 5.92 Å². The van der Waals surface area contributed by atoms with Crippen molar-refractivity contribution in [3.63, 3.8) is 0 Å². The molecule has 0 aromatic carbocycles. The molecule has 0 bridgehead atoms. The number of hydrogen-bond acceptors (Lipinski definition) is 4. The van der Waals surface area contributed by atoms with Crippen LogP contribution >= 0.6 is 0 Å². The Morgan fingerprint density at radius 3 is 2.52 bits per heavy atom. The molecule has 6 nitrogen and oxygen atoms in total. The second kappa shape index (κ2) is 6.01. The molecule has 116 valence electrons. The third-order valence-corrected chi connectivity index (χ3v) is 4.53. The van der Waals surface area contributed by atoms with Crippen molar-refractivity contribution >= 4 is 21.7 Å². The number of nitrogens with zero attached hydrogens (tertiary/aromatic N) is 2. The van der Waals surface area contributed by atoms with Gasteiger partial charge in [-0.25, -0.2) is 18.2 Å². The molecular formula is C14H21N3O3S. The van der Waals surface area contributed by atoms with Crippen LogP contribution in [0.5, 0.6) is 0 Å². The molecule has 0 spiro atoms. The highest BCUT2D eigenvalue weighted by atomic mass is 32.2. The van der Waals surface area contributed by atoms with Crippen LogP contribution < -0.4 is 5.32 Å². The minimum Gasteiger partial charge on any atom is -0.322 e. The van der Waals surface area contributed by atoms with Crippen molar-refractivity contribution in [2.45, 2.75) is 37.6 Å². The molecule has 2 amide bonds. The van der Waals surface area contributed by atoms with E-state index in [1.54, 1.807) is 4.90 Å². The minimum atomic E-state index is -3.27. The predicted octanol–water partition coefficient (Wildman–Crippen LogP) is 2.14. The Bertz CT molecular complexity index is 607. The number of hydrogen-bond donors (Lipinski definition) is 1. The first kappa shape index (κ1) is 15.8. The first-order valence-corrected chi connectivity index (χ1v) is 8.90. The van der Waals surface area contributed by atoms with Crippen LogP contribution in [-0.2, 0) is 9.84 Å². The fourth-order valence-electron chi connectivity index (χ4n) is 1.96. The minimum absolute atomic E-state index is 0.112. The van der Waals surface area contributed by atoms with Crippen LogP contribution in [0.15, 0.2) is 23.2 Å². The Morgan fingerprint density at radius 1 is 1.43 bits per heavy atom. The Labute approximate surface area is 125 Å². The van der Waals surface area contributed by atoms with E-state index in [1.165, 1.54) is 31.2 Å². The van der Waals surface area contributed by atoms with Gasteiger partial charge in [0.15, 0.2) is 9.84 Å². The molecule has 0 saturated heterocycles. The monoisotopic (exact) mass is 311 g/mol. The van der Waals surface area contributed by atoms with Gasteiger partial charge in [-0.2, -0.15) is 0 Å². The van der Waals surface area contributed by atoms with Crippen molar-refractivity contribution in [2.75, 3.05) is 18.1 Å². The topological polar surface area (TPSA) is 79.4 Å². The van der Waals surface area contributed by atoms with Gasteiger partial charge < -0.3 is 4.90 Å². The molecule has 1 fully saturated rings. The third kappa shape index (κ3) is 4.42. The summed E-state index contributed by atoms with van der Waals surface area (Å²) in [4.78, 5) is 18.2. The van der Waals surface area contributed by atoms with Crippen molar-refractivity contribution in [1.82, 2.24) is 9.88 Å². The molecule has 1 heterocycles. The van der Waals surface area contributed by atoms with Crippen LogP contribution in [0.3, 0.4) is 0 Å². The first-order valence-electron chi connectivity index (χ1n) is 7.01. The number of urea groups is 1. The lowest BCUT2D eigenvalue weighted by atomic mass is 10.3. The van der Waals surface area contributed by atoms with Crippen LogP contribution in [0.1, 0.15) is 26.7 Å². The van der Waals surface area contributed by atoms with Gasteiger partial charge in [0.25, 0.3) is 0 Å². The van der Waals surface area contributed by atoms with Gasteiger partial charge in [0, 0.05) is 25.0 Å². The summed E-state index contributed by atoms with van der Waals surface area (Å²) in [6.07, 6.45) is 4.74. The van der Waals surface area contributed by atoms with Crippen molar-refractivity contribution in [3.8, 4) is 0 Å². The van der Waals surface area contributed by atoms with Gasteiger partial charge in [-0.15, -0.1) is 0 Å². The number of aromatic nitrogens is 1. The van der Waals surface area contributed by atoms with Crippen LogP contribution in [0.4, 0.5) is 10.6 Å². The fourth-order valence-corrected chi connectivity index (χ4v) is 2.52. The summed E-state index contributed by atoms with van der Waals surface area (Å²) < 4.78 is 22.7. The lowest BCUT2D eigenvalue weighted by Gasteiger charge is -2.26. The second-order valence-corrected chi connectivity index (χ2v) is 7.79. The molecule has 0 radical (unpaired) electrons. The zero-order valence-electron chi connectivity index (χ0n) is 12.5. The van der Waals surface area contributed by atoms with Gasteiger partial charge in [-0.05, 0) is 44.7 Å². The average Bonchev–Trinajstić information content (AvgIpc) is 3.19. The quantitative estimate of drug-likeness (QED) is 0.903. The molecular weight excluding hydrogens is 290 g/mol. The maximum absolute atomic E-state index is 12.3. The molecule has 1 aliphatic rings. The summed E-state index contributed by atoms with van der Waals surface area (Å²) >= 11 is 0. The number of amides is 2. The Morgan fingerprint density at radius 2 is 2.10 bits per heavy atom. The van der Waals surface area contributed by atoms with Crippen LogP contribution in [0.25, 0.3) is 0 Å². The van der Waals surface area contributed by atoms with E-state index in [4.69, 9.17) is 0 Å². The summed E-state index contributed by atoms with van der Waals surface area (Å²) in [6.45, 7) is 4.70. The number of rotatable bonds is 5. The van der Waals surface area contributed by atoms with Gasteiger partial charge in [0.1, 0.15) is 5.82 Å². The molecule has 21 heavy (non-hydrogen) atoms. The third-order valence-electron chi connectivity index (χ3n) is 3.44. The van der Waals surface area contributed by atoms with Gasteiger partial charge in [0.05, 0.1) is 4.90 Å². The molecule has 7 heteroatoms. The van der Waals surface area contributed by atoms with E-state index in [0.717, 1.165) is 12.8 Å². The molecule has 1 saturated carbocycles. The lowest BCUT2D eigenvalue weighted by Crippen LogP contribution is -2.41. The molecule has 0 atom stereocenters. The summed E-state index contributed by atoms with van der Waals surface area (Å²) in [5.41, 5.74) is 0. The average molecular weight is 311 g/mol. The van der Waals surface area contributed by atoms with Crippen LogP contribution in [-0.4, -0.2) is 43.2 Å². The van der Waals surface area contributed by atoms with Gasteiger partial charge in [-0.1, -0.05) is 0 Å². The highest BCUT2D eigenvalue weighted by Crippen LogP contribution is 2.30. The SMILES string of the molecule is CC(C)N(CC1CC1)C(=O)Nc1ccc(S(C)(=O)=O)cn1.